The van der Waals surface area contributed by atoms with Gasteiger partial charge in [-0.2, -0.15) is 0 Å². The van der Waals surface area contributed by atoms with Crippen molar-refractivity contribution in [3.63, 3.8) is 0 Å². The number of carboxylic acids is 1. The summed E-state index contributed by atoms with van der Waals surface area (Å²) in [5.41, 5.74) is 0.636. The average molecular weight is 277 g/mol. The number of hydrogen-bond acceptors (Lipinski definition) is 3. The lowest BCUT2D eigenvalue weighted by Crippen LogP contribution is -2.13. The summed E-state index contributed by atoms with van der Waals surface area (Å²) >= 11 is 5.76. The van der Waals surface area contributed by atoms with E-state index in [1.807, 2.05) is 0 Å². The Balaban J connectivity index is 2.19. The lowest BCUT2D eigenvalue weighted by Gasteiger charge is -2.05. The largest absolute Gasteiger partial charge is 0.478 e. The quantitative estimate of drug-likeness (QED) is 0.903. The van der Waals surface area contributed by atoms with Gasteiger partial charge in [0.2, 0.25) is 0 Å². The predicted molar refractivity (Wildman–Crippen MR) is 70.6 cm³/mol. The molecule has 96 valence electrons. The van der Waals surface area contributed by atoms with Crippen molar-refractivity contribution in [1.82, 2.24) is 4.98 Å². The van der Waals surface area contributed by atoms with Crippen molar-refractivity contribution in [2.45, 2.75) is 0 Å². The third-order valence-corrected chi connectivity index (χ3v) is 2.56. The lowest BCUT2D eigenvalue weighted by molar-refractivity contribution is 0.0696. The summed E-state index contributed by atoms with van der Waals surface area (Å²) in [6, 6.07) is 8.93. The van der Waals surface area contributed by atoms with Crippen molar-refractivity contribution in [2.75, 3.05) is 5.32 Å². The van der Waals surface area contributed by atoms with E-state index in [-0.39, 0.29) is 11.3 Å². The Labute approximate surface area is 113 Å². The molecule has 0 spiro atoms. The maximum absolute atomic E-state index is 11.9. The maximum Gasteiger partial charge on any atom is 0.335 e. The second-order valence-corrected chi connectivity index (χ2v) is 4.14. The zero-order chi connectivity index (χ0) is 13.8. The van der Waals surface area contributed by atoms with E-state index < -0.39 is 11.9 Å². The molecule has 0 atom stereocenters. The van der Waals surface area contributed by atoms with Crippen molar-refractivity contribution >= 4 is 29.2 Å². The first-order valence-corrected chi connectivity index (χ1v) is 5.70. The number of benzene rings is 1. The van der Waals surface area contributed by atoms with Gasteiger partial charge in [0, 0.05) is 16.9 Å². The number of carbonyl (C=O) groups is 2. The van der Waals surface area contributed by atoms with Crippen LogP contribution in [0.4, 0.5) is 5.69 Å². The molecule has 1 aromatic heterocycles. The molecule has 1 amide bonds. The summed E-state index contributed by atoms with van der Waals surface area (Å²) in [5, 5.41) is 11.8. The highest BCUT2D eigenvalue weighted by atomic mass is 35.5. The number of nitrogens with zero attached hydrogens (tertiary/aromatic N) is 1. The van der Waals surface area contributed by atoms with Crippen LogP contribution < -0.4 is 5.32 Å². The van der Waals surface area contributed by atoms with Gasteiger partial charge in [-0.05, 0) is 30.3 Å². The molecule has 6 heteroatoms. The SMILES string of the molecule is O=C(O)c1cccc(NC(=O)c2cc(Cl)ccn2)c1. The molecule has 5 nitrogen and oxygen atoms in total. The highest BCUT2D eigenvalue weighted by Crippen LogP contribution is 2.13. The molecule has 0 fully saturated rings. The van der Waals surface area contributed by atoms with Gasteiger partial charge in [0.05, 0.1) is 5.56 Å². The molecule has 0 bridgehead atoms. The molecule has 2 N–H and O–H groups in total. The lowest BCUT2D eigenvalue weighted by atomic mass is 10.2. The molecule has 2 aromatic rings. The first-order valence-electron chi connectivity index (χ1n) is 5.32. The van der Waals surface area contributed by atoms with Crippen LogP contribution in [0.3, 0.4) is 0 Å². The number of rotatable bonds is 3. The normalized spacial score (nSPS) is 9.95. The minimum absolute atomic E-state index is 0.0943. The molecule has 19 heavy (non-hydrogen) atoms. The zero-order valence-electron chi connectivity index (χ0n) is 9.63. The van der Waals surface area contributed by atoms with Crippen molar-refractivity contribution in [1.29, 1.82) is 0 Å². The van der Waals surface area contributed by atoms with Gasteiger partial charge in [-0.3, -0.25) is 9.78 Å². The van der Waals surface area contributed by atoms with Crippen molar-refractivity contribution in [2.24, 2.45) is 0 Å². The minimum Gasteiger partial charge on any atom is -0.478 e. The molecule has 2 rings (SSSR count). The topological polar surface area (TPSA) is 79.3 Å². The van der Waals surface area contributed by atoms with E-state index in [2.05, 4.69) is 10.3 Å². The van der Waals surface area contributed by atoms with Crippen LogP contribution in [-0.2, 0) is 0 Å². The van der Waals surface area contributed by atoms with Crippen molar-refractivity contribution in [3.05, 3.63) is 58.9 Å². The van der Waals surface area contributed by atoms with Crippen LogP contribution in [0, 0.1) is 0 Å². The van der Waals surface area contributed by atoms with Crippen LogP contribution >= 0.6 is 11.6 Å². The highest BCUT2D eigenvalue weighted by Gasteiger charge is 2.09. The van der Waals surface area contributed by atoms with E-state index in [0.29, 0.717) is 10.7 Å². The Bertz CT molecular complexity index is 643. The Hall–Kier alpha value is -2.40. The fourth-order valence-electron chi connectivity index (χ4n) is 1.45. The summed E-state index contributed by atoms with van der Waals surface area (Å²) < 4.78 is 0. The van der Waals surface area contributed by atoms with E-state index in [0.717, 1.165) is 0 Å². The Morgan fingerprint density at radius 3 is 2.68 bits per heavy atom. The van der Waals surface area contributed by atoms with Gasteiger partial charge < -0.3 is 10.4 Å². The number of halogens is 1. The molecule has 0 unspecified atom stereocenters. The number of aromatic carboxylic acids is 1. The van der Waals surface area contributed by atoms with Crippen LogP contribution in [0.1, 0.15) is 20.8 Å². The van der Waals surface area contributed by atoms with E-state index >= 15 is 0 Å². The molecule has 1 heterocycles. The third-order valence-electron chi connectivity index (χ3n) is 2.32. The van der Waals surface area contributed by atoms with Crippen molar-refractivity contribution in [3.8, 4) is 0 Å². The molecular formula is C13H9ClN2O3. The van der Waals surface area contributed by atoms with Gasteiger partial charge in [0.15, 0.2) is 0 Å². The van der Waals surface area contributed by atoms with Gasteiger partial charge >= 0.3 is 5.97 Å². The molecule has 0 saturated carbocycles. The molecule has 0 aliphatic carbocycles. The zero-order valence-corrected chi connectivity index (χ0v) is 10.4. The van der Waals surface area contributed by atoms with Gasteiger partial charge in [0.1, 0.15) is 5.69 Å². The average Bonchev–Trinajstić information content (AvgIpc) is 2.39. The van der Waals surface area contributed by atoms with Crippen LogP contribution in [0.25, 0.3) is 0 Å². The molecular weight excluding hydrogens is 268 g/mol. The van der Waals surface area contributed by atoms with E-state index in [4.69, 9.17) is 16.7 Å². The van der Waals surface area contributed by atoms with Crippen LogP contribution in [-0.4, -0.2) is 22.0 Å². The summed E-state index contributed by atoms with van der Waals surface area (Å²) in [7, 11) is 0. The monoisotopic (exact) mass is 276 g/mol. The number of carbonyl (C=O) groups excluding carboxylic acids is 1. The van der Waals surface area contributed by atoms with E-state index in [1.54, 1.807) is 18.2 Å². The van der Waals surface area contributed by atoms with Crippen molar-refractivity contribution < 1.29 is 14.7 Å². The summed E-state index contributed by atoms with van der Waals surface area (Å²) in [5.74, 6) is -1.51. The number of nitrogens with one attached hydrogen (secondary N) is 1. The number of anilines is 1. The summed E-state index contributed by atoms with van der Waals surface area (Å²) in [6.45, 7) is 0. The summed E-state index contributed by atoms with van der Waals surface area (Å²) in [4.78, 5) is 26.6. The van der Waals surface area contributed by atoms with Crippen LogP contribution in [0.5, 0.6) is 0 Å². The minimum atomic E-state index is -1.06. The highest BCUT2D eigenvalue weighted by molar-refractivity contribution is 6.30. The van der Waals surface area contributed by atoms with Gasteiger partial charge in [-0.1, -0.05) is 17.7 Å². The Morgan fingerprint density at radius 1 is 1.21 bits per heavy atom. The number of hydrogen-bond donors (Lipinski definition) is 2. The van der Waals surface area contributed by atoms with E-state index in [1.165, 1.54) is 24.4 Å². The first-order chi connectivity index (χ1) is 9.06. The maximum atomic E-state index is 11.9. The third kappa shape index (κ3) is 3.29. The molecule has 0 aliphatic heterocycles. The Kier molecular flexibility index (Phi) is 3.77. The van der Waals surface area contributed by atoms with Crippen LogP contribution in [0.2, 0.25) is 5.02 Å². The fourth-order valence-corrected chi connectivity index (χ4v) is 1.61. The van der Waals surface area contributed by atoms with E-state index in [9.17, 15) is 9.59 Å². The Morgan fingerprint density at radius 2 is 2.00 bits per heavy atom. The van der Waals surface area contributed by atoms with Gasteiger partial charge in [0.25, 0.3) is 5.91 Å². The van der Waals surface area contributed by atoms with Gasteiger partial charge in [-0.15, -0.1) is 0 Å². The smallest absolute Gasteiger partial charge is 0.335 e. The van der Waals surface area contributed by atoms with Crippen LogP contribution in [0.15, 0.2) is 42.6 Å². The molecule has 0 saturated heterocycles. The second-order valence-electron chi connectivity index (χ2n) is 3.70. The van der Waals surface area contributed by atoms with Gasteiger partial charge in [-0.25, -0.2) is 4.79 Å². The number of aromatic nitrogens is 1. The summed E-state index contributed by atoms with van der Waals surface area (Å²) in [6.07, 6.45) is 1.42. The number of pyridine rings is 1. The predicted octanol–water partition coefficient (Wildman–Crippen LogP) is 2.69. The molecule has 0 aliphatic rings. The standard InChI is InChI=1S/C13H9ClN2O3/c14-9-4-5-15-11(7-9)12(17)16-10-3-1-2-8(6-10)13(18)19/h1-7H,(H,16,17)(H,18,19). The fraction of sp³-hybridized carbons (Fsp3) is 0. The second kappa shape index (κ2) is 5.49. The molecule has 1 aromatic carbocycles. The number of amides is 1. The number of carboxylic acid groups (broad SMARTS) is 1. The first kappa shape index (κ1) is 13.0. The molecule has 0 radical (unpaired) electrons.